The van der Waals surface area contributed by atoms with Gasteiger partial charge in [-0.05, 0) is 109 Å². The Morgan fingerprint density at radius 2 is 1.51 bits per heavy atom. The van der Waals surface area contributed by atoms with Crippen LogP contribution in [0.25, 0.3) is 0 Å². The van der Waals surface area contributed by atoms with Crippen molar-refractivity contribution in [2.24, 2.45) is 17.3 Å². The second kappa shape index (κ2) is 23.3. The van der Waals surface area contributed by atoms with Crippen molar-refractivity contribution in [2.75, 3.05) is 79.0 Å². The molecule has 11 nitrogen and oxygen atoms in total. The summed E-state index contributed by atoms with van der Waals surface area (Å²) in [4.78, 5) is 20.4. The molecular weight excluding hydrogens is 755 g/mol. The van der Waals surface area contributed by atoms with Gasteiger partial charge in [-0.3, -0.25) is 20.5 Å². The molecule has 0 aromatic heterocycles. The van der Waals surface area contributed by atoms with Crippen LogP contribution in [0.3, 0.4) is 0 Å². The summed E-state index contributed by atoms with van der Waals surface area (Å²) >= 11 is 0. The van der Waals surface area contributed by atoms with Crippen LogP contribution in [0.2, 0.25) is 0 Å². The van der Waals surface area contributed by atoms with Gasteiger partial charge in [0.15, 0.2) is 0 Å². The molecule has 59 heavy (non-hydrogen) atoms. The normalized spacial score (nSPS) is 23.3. The fourth-order valence-corrected chi connectivity index (χ4v) is 9.93. The lowest BCUT2D eigenvalue weighted by molar-refractivity contribution is -0.130. The lowest BCUT2D eigenvalue weighted by atomic mass is 9.57. The molecule has 13 heteroatoms. The zero-order chi connectivity index (χ0) is 42.3. The minimum absolute atomic E-state index is 0.0219. The fourth-order valence-electron chi connectivity index (χ4n) is 9.93. The molecule has 4 aliphatic rings. The molecule has 2 aliphatic carbocycles. The maximum Gasteiger partial charge on any atom is 0.248 e. The van der Waals surface area contributed by atoms with Gasteiger partial charge in [0.1, 0.15) is 12.4 Å². The number of carbonyl (C=O) groups is 1. The van der Waals surface area contributed by atoms with Gasteiger partial charge < -0.3 is 34.1 Å². The Balaban J connectivity index is 1.02. The Labute approximate surface area is 352 Å². The molecule has 5 rings (SSSR count). The summed E-state index contributed by atoms with van der Waals surface area (Å²) < 4.78 is 49.7. The number of nitrogens with one attached hydrogen (secondary N) is 3. The van der Waals surface area contributed by atoms with Gasteiger partial charge in [0.05, 0.1) is 58.1 Å². The van der Waals surface area contributed by atoms with Crippen molar-refractivity contribution in [1.82, 2.24) is 20.0 Å². The van der Waals surface area contributed by atoms with E-state index in [0.717, 1.165) is 83.1 Å². The number of piperidine rings is 1. The number of ether oxygens (including phenoxy) is 4. The Morgan fingerprint density at radius 1 is 0.898 bits per heavy atom. The Kier molecular flexibility index (Phi) is 18.6. The number of amides is 1. The topological polar surface area (TPSA) is 123 Å². The van der Waals surface area contributed by atoms with E-state index in [0.29, 0.717) is 82.0 Å². The van der Waals surface area contributed by atoms with Crippen molar-refractivity contribution in [3.63, 3.8) is 0 Å². The predicted octanol–water partition coefficient (Wildman–Crippen LogP) is 7.16. The van der Waals surface area contributed by atoms with Crippen molar-refractivity contribution in [1.29, 1.82) is 10.8 Å². The summed E-state index contributed by atoms with van der Waals surface area (Å²) in [6.07, 6.45) is 13.2. The van der Waals surface area contributed by atoms with Gasteiger partial charge in [0.25, 0.3) is 0 Å². The molecule has 2 heterocycles. The molecule has 3 N–H and O–H groups in total. The van der Waals surface area contributed by atoms with E-state index in [-0.39, 0.29) is 55.5 Å². The number of hydrogen-bond acceptors (Lipinski definition) is 9. The number of terminal acetylenes is 1. The minimum atomic E-state index is -2.66. The molecule has 4 unspecified atom stereocenters. The maximum absolute atomic E-state index is 13.8. The number of likely N-dealkylation sites (tertiary alicyclic amines) is 2. The van der Waals surface area contributed by atoms with Crippen LogP contribution in [0.5, 0.6) is 0 Å². The number of halogens is 2. The summed E-state index contributed by atoms with van der Waals surface area (Å²) in [6.45, 7) is 14.2. The molecule has 0 radical (unpaired) electrons. The molecule has 2 saturated heterocycles. The first kappa shape index (κ1) is 47.1. The number of carbonyl (C=O) groups excluding carboxylic acids is 1. The largest absolute Gasteiger partial charge is 0.378 e. The van der Waals surface area contributed by atoms with Crippen molar-refractivity contribution in [3.8, 4) is 12.3 Å². The number of amidine groups is 2. The quantitative estimate of drug-likeness (QED) is 0.0460. The summed E-state index contributed by atoms with van der Waals surface area (Å²) in [6, 6.07) is 10.5. The third kappa shape index (κ3) is 14.3. The predicted molar refractivity (Wildman–Crippen MR) is 228 cm³/mol. The van der Waals surface area contributed by atoms with Crippen LogP contribution >= 0.6 is 0 Å². The molecule has 1 spiro atoms. The number of benzene rings is 1. The summed E-state index contributed by atoms with van der Waals surface area (Å²) in [5.41, 5.74) is 1.33. The summed E-state index contributed by atoms with van der Waals surface area (Å²) in [5.74, 6) is 0.484. The van der Waals surface area contributed by atoms with E-state index in [1.165, 1.54) is 0 Å². The van der Waals surface area contributed by atoms with Crippen molar-refractivity contribution >= 4 is 17.6 Å². The zero-order valence-corrected chi connectivity index (χ0v) is 36.0. The van der Waals surface area contributed by atoms with Crippen LogP contribution in [-0.4, -0.2) is 135 Å². The van der Waals surface area contributed by atoms with Gasteiger partial charge in [-0.2, -0.15) is 0 Å². The van der Waals surface area contributed by atoms with Crippen molar-refractivity contribution in [2.45, 2.75) is 128 Å². The lowest BCUT2D eigenvalue weighted by Gasteiger charge is -2.53. The first-order valence-electron chi connectivity index (χ1n) is 22.3. The number of rotatable bonds is 23. The van der Waals surface area contributed by atoms with E-state index in [1.807, 2.05) is 42.2 Å². The molecule has 0 bridgehead atoms. The molecule has 1 aromatic rings. The van der Waals surface area contributed by atoms with Gasteiger partial charge >= 0.3 is 0 Å². The van der Waals surface area contributed by atoms with E-state index in [9.17, 15) is 19.0 Å². The van der Waals surface area contributed by atoms with E-state index in [2.05, 4.69) is 34.9 Å². The molecule has 4 fully saturated rings. The molecule has 4 atom stereocenters. The van der Waals surface area contributed by atoms with Crippen LogP contribution in [0, 0.1) is 40.4 Å². The van der Waals surface area contributed by atoms with Crippen LogP contribution in [0.15, 0.2) is 30.3 Å². The van der Waals surface area contributed by atoms with Gasteiger partial charge in [0, 0.05) is 55.9 Å². The van der Waals surface area contributed by atoms with Crippen LogP contribution in [-0.2, 0) is 23.7 Å². The standard InChI is InChI=1S/C46H72F2N6O5/c1-5-24-56-26-28-58-30-31-59-29-27-57-25-23-52-21-18-45(19-22-52)33-40(34-45)43(50)54(37(4)49)36(3)32-41-12-11-35(2)53(41)20-15-42(38-9-7-6-8-10-38)51-44(55)39-13-16-46(47,48)17-14-39/h1,6-10,35-36,39-42,49-50H,11-34H2,2-4H3,(H,51,55). The Morgan fingerprint density at radius 3 is 2.12 bits per heavy atom. The van der Waals surface area contributed by atoms with Gasteiger partial charge in [-0.15, -0.1) is 6.42 Å². The fraction of sp³-hybridized carbons (Fsp3) is 0.761. The first-order chi connectivity index (χ1) is 28.4. The van der Waals surface area contributed by atoms with Crippen molar-refractivity contribution in [3.05, 3.63) is 35.9 Å². The highest BCUT2D eigenvalue weighted by Crippen LogP contribution is 2.53. The molecule has 1 aromatic carbocycles. The number of alkyl halides is 2. The van der Waals surface area contributed by atoms with Gasteiger partial charge in [-0.25, -0.2) is 8.78 Å². The zero-order valence-electron chi connectivity index (χ0n) is 36.0. The SMILES string of the molecule is C#CCOCCOCCOCCOCCN1CCC2(CC1)CC(C(=N)N(C(C)=N)C(C)CC1CCC(C)N1CCC(NC(=O)C1CCC(F)(F)CC1)c1ccccc1)C2. The maximum atomic E-state index is 13.8. The highest BCUT2D eigenvalue weighted by atomic mass is 19.3. The number of nitrogens with zero attached hydrogens (tertiary/aromatic N) is 3. The second-order valence-corrected chi connectivity index (χ2v) is 17.7. The van der Waals surface area contributed by atoms with Gasteiger partial charge in [-0.1, -0.05) is 36.3 Å². The smallest absolute Gasteiger partial charge is 0.248 e. The second-order valence-electron chi connectivity index (χ2n) is 17.7. The molecular formula is C46H72F2N6O5. The van der Waals surface area contributed by atoms with Crippen molar-refractivity contribution < 1.29 is 32.5 Å². The molecule has 330 valence electrons. The minimum Gasteiger partial charge on any atom is -0.378 e. The third-order valence-electron chi connectivity index (χ3n) is 13.4. The molecule has 2 aliphatic heterocycles. The number of hydrogen-bond donors (Lipinski definition) is 3. The average molecular weight is 827 g/mol. The van der Waals surface area contributed by atoms with E-state index in [1.54, 1.807) is 0 Å². The lowest BCUT2D eigenvalue weighted by Crippen LogP contribution is -2.54. The molecule has 1 amide bonds. The monoisotopic (exact) mass is 827 g/mol. The van der Waals surface area contributed by atoms with Crippen LogP contribution < -0.4 is 5.32 Å². The summed E-state index contributed by atoms with van der Waals surface area (Å²) in [5, 5.41) is 21.3. The van der Waals surface area contributed by atoms with Gasteiger partial charge in [0.2, 0.25) is 11.8 Å². The molecule has 2 saturated carbocycles. The van der Waals surface area contributed by atoms with Crippen LogP contribution in [0.1, 0.15) is 109 Å². The van der Waals surface area contributed by atoms with E-state index >= 15 is 0 Å². The average Bonchev–Trinajstić information content (AvgIpc) is 3.55. The third-order valence-corrected chi connectivity index (χ3v) is 13.4. The highest BCUT2D eigenvalue weighted by Gasteiger charge is 2.49. The summed E-state index contributed by atoms with van der Waals surface area (Å²) in [7, 11) is 0. The van der Waals surface area contributed by atoms with E-state index < -0.39 is 5.92 Å². The van der Waals surface area contributed by atoms with Crippen LogP contribution in [0.4, 0.5) is 8.78 Å². The Hall–Kier alpha value is -2.99. The highest BCUT2D eigenvalue weighted by molar-refractivity contribution is 5.98. The Bertz CT molecular complexity index is 1490. The van der Waals surface area contributed by atoms with E-state index in [4.69, 9.17) is 30.8 Å². The first-order valence-corrected chi connectivity index (χ1v) is 22.3.